The van der Waals surface area contributed by atoms with Crippen molar-refractivity contribution < 1.29 is 21.7 Å². The first-order valence-corrected chi connectivity index (χ1v) is 10.9. The molecule has 2 aromatic heterocycles. The molecule has 0 spiro atoms. The van der Waals surface area contributed by atoms with Crippen molar-refractivity contribution >= 4 is 54.9 Å². The van der Waals surface area contributed by atoms with Crippen LogP contribution >= 0.6 is 34.3 Å². The zero-order valence-electron chi connectivity index (χ0n) is 14.0. The van der Waals surface area contributed by atoms with Crippen LogP contribution in [0.1, 0.15) is 18.9 Å². The Labute approximate surface area is 160 Å². The Morgan fingerprint density at radius 3 is 2.40 bits per heavy atom. The maximum absolute atomic E-state index is 9.45. The molecule has 0 aliphatic rings. The molecule has 3 aromatic rings. The summed E-state index contributed by atoms with van der Waals surface area (Å²) in [6.07, 6.45) is 0. The van der Waals surface area contributed by atoms with Gasteiger partial charge in [0.05, 0.1) is 10.9 Å². The van der Waals surface area contributed by atoms with Gasteiger partial charge in [-0.05, 0) is 43.7 Å². The lowest BCUT2D eigenvalue weighted by atomic mass is 10.2. The lowest BCUT2D eigenvalue weighted by Gasteiger charge is -2.02. The molecule has 136 valence electrons. The van der Waals surface area contributed by atoms with Crippen molar-refractivity contribution in [2.24, 2.45) is 0 Å². The van der Waals surface area contributed by atoms with Crippen LogP contribution < -0.4 is 4.57 Å². The van der Waals surface area contributed by atoms with Gasteiger partial charge in [0.15, 0.2) is 0 Å². The van der Waals surface area contributed by atoms with Gasteiger partial charge in [-0.3, -0.25) is 4.18 Å². The first-order valence-electron chi connectivity index (χ1n) is 7.54. The van der Waals surface area contributed by atoms with Crippen molar-refractivity contribution in [1.29, 1.82) is 0 Å². The minimum atomic E-state index is -4.42. The summed E-state index contributed by atoms with van der Waals surface area (Å²) in [5.41, 5.74) is 2.58. The van der Waals surface area contributed by atoms with E-state index in [-0.39, 0.29) is 6.61 Å². The Hall–Kier alpha value is -1.03. The minimum Gasteiger partial charge on any atom is -0.726 e. The summed E-state index contributed by atoms with van der Waals surface area (Å²) in [5.74, 6) is 0. The molecule has 0 N–H and O–H groups in total. The molecule has 9 heteroatoms. The van der Waals surface area contributed by atoms with Crippen LogP contribution in [0.25, 0.3) is 20.7 Å². The van der Waals surface area contributed by atoms with Crippen LogP contribution in [0.4, 0.5) is 0 Å². The Balaban J connectivity index is 0.000000277. The van der Waals surface area contributed by atoms with E-state index < -0.39 is 10.4 Å². The van der Waals surface area contributed by atoms with E-state index in [2.05, 4.69) is 46.9 Å². The lowest BCUT2D eigenvalue weighted by Crippen LogP contribution is -2.33. The van der Waals surface area contributed by atoms with Crippen molar-refractivity contribution in [3.05, 3.63) is 39.7 Å². The zero-order valence-corrected chi connectivity index (χ0v) is 17.2. The number of hydrogen-bond acceptors (Lipinski definition) is 6. The summed E-state index contributed by atoms with van der Waals surface area (Å²) < 4.78 is 36.5. The van der Waals surface area contributed by atoms with Crippen molar-refractivity contribution in [3.8, 4) is 10.4 Å². The summed E-state index contributed by atoms with van der Waals surface area (Å²) in [6, 6.07) is 10.7. The number of benzene rings is 1. The fraction of sp³-hybridized carbons (Fsp3) is 0.312. The van der Waals surface area contributed by atoms with Crippen LogP contribution in [0.3, 0.4) is 0 Å². The van der Waals surface area contributed by atoms with Crippen molar-refractivity contribution in [3.63, 3.8) is 0 Å². The largest absolute Gasteiger partial charge is 0.726 e. The molecule has 25 heavy (non-hydrogen) atoms. The maximum atomic E-state index is 9.45. The van der Waals surface area contributed by atoms with Crippen molar-refractivity contribution in [2.75, 3.05) is 6.61 Å². The second-order valence-electron chi connectivity index (χ2n) is 4.97. The smallest absolute Gasteiger partial charge is 0.235 e. The van der Waals surface area contributed by atoms with Gasteiger partial charge in [-0.1, -0.05) is 22.9 Å². The van der Waals surface area contributed by atoms with Gasteiger partial charge in [0, 0.05) is 17.9 Å². The van der Waals surface area contributed by atoms with E-state index in [1.807, 2.05) is 17.4 Å². The van der Waals surface area contributed by atoms with E-state index in [0.717, 1.165) is 10.9 Å². The Morgan fingerprint density at radius 1 is 1.20 bits per heavy atom. The van der Waals surface area contributed by atoms with Gasteiger partial charge in [-0.25, -0.2) is 8.42 Å². The molecular formula is C16H18ClNO4S3. The van der Waals surface area contributed by atoms with E-state index in [1.165, 1.54) is 32.6 Å². The summed E-state index contributed by atoms with van der Waals surface area (Å²) in [6.45, 7) is 6.72. The fourth-order valence-electron chi connectivity index (χ4n) is 2.36. The predicted molar refractivity (Wildman–Crippen MR) is 102 cm³/mol. The predicted octanol–water partition coefficient (Wildman–Crippen LogP) is 4.38. The van der Waals surface area contributed by atoms with Crippen LogP contribution in [-0.2, 0) is 21.1 Å². The molecule has 3 rings (SSSR count). The van der Waals surface area contributed by atoms with Gasteiger partial charge in [0.2, 0.25) is 20.9 Å². The highest BCUT2D eigenvalue weighted by atomic mass is 35.5. The van der Waals surface area contributed by atoms with Crippen LogP contribution in [-0.4, -0.2) is 19.6 Å². The Kier molecular flexibility index (Phi) is 6.95. The molecular weight excluding hydrogens is 402 g/mol. The van der Waals surface area contributed by atoms with Crippen LogP contribution in [0.15, 0.2) is 30.3 Å². The lowest BCUT2D eigenvalue weighted by molar-refractivity contribution is -0.669. The monoisotopic (exact) mass is 419 g/mol. The first-order chi connectivity index (χ1) is 11.7. The summed E-state index contributed by atoms with van der Waals surface area (Å²) in [7, 11) is -4.42. The highest BCUT2D eigenvalue weighted by molar-refractivity contribution is 7.80. The number of thiophene rings is 1. The average molecular weight is 420 g/mol. The third-order valence-electron chi connectivity index (χ3n) is 3.32. The number of rotatable bonds is 4. The summed E-state index contributed by atoms with van der Waals surface area (Å²) in [4.78, 5) is 1.23. The SMILES string of the molecule is CCOS(=O)(=O)[O-].CC[n+]1c(C)sc2cc(-c3ccc(Cl)s3)ccc21. The van der Waals surface area contributed by atoms with Gasteiger partial charge in [0.1, 0.15) is 11.2 Å². The van der Waals surface area contributed by atoms with E-state index in [1.54, 1.807) is 11.3 Å². The molecule has 5 nitrogen and oxygen atoms in total. The number of aryl methyl sites for hydroxylation is 2. The molecule has 0 fully saturated rings. The van der Waals surface area contributed by atoms with Gasteiger partial charge in [-0.2, -0.15) is 4.57 Å². The molecule has 0 atom stereocenters. The summed E-state index contributed by atoms with van der Waals surface area (Å²) in [5, 5.41) is 1.36. The van der Waals surface area contributed by atoms with E-state index >= 15 is 0 Å². The molecule has 0 aliphatic carbocycles. The Bertz CT molecular complexity index is 963. The molecule has 2 heterocycles. The van der Waals surface area contributed by atoms with Gasteiger partial charge >= 0.3 is 0 Å². The zero-order chi connectivity index (χ0) is 18.6. The highest BCUT2D eigenvalue weighted by Crippen LogP contribution is 2.33. The number of nitrogens with zero attached hydrogens (tertiary/aromatic N) is 1. The van der Waals surface area contributed by atoms with Crippen LogP contribution in [0.2, 0.25) is 4.34 Å². The summed E-state index contributed by atoms with van der Waals surface area (Å²) >= 11 is 9.48. The first kappa shape index (κ1) is 20.3. The molecule has 0 bridgehead atoms. The van der Waals surface area contributed by atoms with Gasteiger partial charge in [-0.15, -0.1) is 11.3 Å². The van der Waals surface area contributed by atoms with Crippen molar-refractivity contribution in [2.45, 2.75) is 27.3 Å². The molecule has 0 aliphatic heterocycles. The van der Waals surface area contributed by atoms with Gasteiger partial charge < -0.3 is 4.55 Å². The van der Waals surface area contributed by atoms with E-state index in [4.69, 9.17) is 11.6 Å². The number of halogens is 1. The molecule has 0 saturated carbocycles. The van der Waals surface area contributed by atoms with Crippen LogP contribution in [0, 0.1) is 6.92 Å². The highest BCUT2D eigenvalue weighted by Gasteiger charge is 2.16. The van der Waals surface area contributed by atoms with Gasteiger partial charge in [0.25, 0.3) is 0 Å². The molecule has 0 radical (unpaired) electrons. The number of fused-ring (bicyclic) bond motifs is 1. The third kappa shape index (κ3) is 5.47. The topological polar surface area (TPSA) is 70.3 Å². The fourth-order valence-corrected chi connectivity index (χ4v) is 4.82. The second kappa shape index (κ2) is 8.57. The quantitative estimate of drug-likeness (QED) is 0.357. The molecule has 0 unspecified atom stereocenters. The maximum Gasteiger partial charge on any atom is 0.235 e. The van der Waals surface area contributed by atoms with E-state index in [9.17, 15) is 13.0 Å². The molecule has 1 aromatic carbocycles. The minimum absolute atomic E-state index is 0.0914. The average Bonchev–Trinajstić information content (AvgIpc) is 3.08. The Morgan fingerprint density at radius 2 is 1.92 bits per heavy atom. The number of hydrogen-bond donors (Lipinski definition) is 0. The molecule has 0 saturated heterocycles. The van der Waals surface area contributed by atoms with E-state index in [0.29, 0.717) is 0 Å². The van der Waals surface area contributed by atoms with Crippen LogP contribution in [0.5, 0.6) is 0 Å². The number of aromatic nitrogens is 1. The molecule has 0 amide bonds. The van der Waals surface area contributed by atoms with Crippen molar-refractivity contribution in [1.82, 2.24) is 0 Å². The second-order valence-corrected chi connectivity index (χ2v) is 8.97. The number of thiazole rings is 1. The third-order valence-corrected chi connectivity index (χ3v) is 6.19. The standard InChI is InChI=1S/C14H13ClNS2.C2H6O4S/c1-3-16-9(2)17-13-8-10(4-5-11(13)16)12-6-7-14(15)18-12;1-2-6-7(3,4)5/h4-8H,3H2,1-2H3;2H2,1H3,(H,3,4,5)/q+1;/p-1. The normalized spacial score (nSPS) is 11.4.